The minimum Gasteiger partial charge on any atom is -0.461 e. The molecule has 1 aliphatic carbocycles. The molecule has 2 aromatic carbocycles. The van der Waals surface area contributed by atoms with Gasteiger partial charge in [-0.3, -0.25) is 9.88 Å². The number of pyridine rings is 1. The Balaban J connectivity index is 1.25. The van der Waals surface area contributed by atoms with E-state index in [2.05, 4.69) is 15.2 Å². The first-order chi connectivity index (χ1) is 19.6. The molecule has 1 N–H and O–H groups in total. The van der Waals surface area contributed by atoms with E-state index in [9.17, 15) is 0 Å². The highest BCUT2D eigenvalue weighted by atomic mass is 35.5. The van der Waals surface area contributed by atoms with E-state index in [0.717, 1.165) is 68.3 Å². The molecule has 3 saturated heterocycles. The second kappa shape index (κ2) is 9.61. The van der Waals surface area contributed by atoms with Gasteiger partial charge in [0, 0.05) is 33.5 Å². The van der Waals surface area contributed by atoms with Crippen LogP contribution < -0.4 is 10.1 Å². The summed E-state index contributed by atoms with van der Waals surface area (Å²) in [4.78, 5) is 17.0. The van der Waals surface area contributed by atoms with Gasteiger partial charge in [-0.1, -0.05) is 41.9 Å². The molecule has 4 aliphatic rings. The Hall–Kier alpha value is -2.87. The van der Waals surface area contributed by atoms with Gasteiger partial charge < -0.3 is 10.1 Å². The quantitative estimate of drug-likeness (QED) is 0.308. The van der Waals surface area contributed by atoms with Crippen LogP contribution in [-0.4, -0.2) is 58.2 Å². The smallest absolute Gasteiger partial charge is 0.317 e. The molecule has 206 valence electrons. The summed E-state index contributed by atoms with van der Waals surface area (Å²) in [6.07, 6.45) is 8.52. The highest BCUT2D eigenvalue weighted by Gasteiger charge is 2.45. The van der Waals surface area contributed by atoms with Crippen LogP contribution in [0.2, 0.25) is 5.02 Å². The maximum atomic E-state index is 16.6. The second-order valence-electron chi connectivity index (χ2n) is 12.3. The van der Waals surface area contributed by atoms with Crippen LogP contribution in [0.25, 0.3) is 32.9 Å². The van der Waals surface area contributed by atoms with Crippen LogP contribution >= 0.6 is 11.6 Å². The number of fused-ring (bicyclic) bond motifs is 4. The molecule has 2 aromatic heterocycles. The summed E-state index contributed by atoms with van der Waals surface area (Å²) in [6.45, 7) is 4.90. The summed E-state index contributed by atoms with van der Waals surface area (Å²) in [5.74, 6) is 1.08. The van der Waals surface area contributed by atoms with Crippen LogP contribution in [0.1, 0.15) is 50.1 Å². The molecule has 6 nitrogen and oxygen atoms in total. The van der Waals surface area contributed by atoms with Crippen LogP contribution in [0, 0.1) is 17.7 Å². The number of hydrogen-bond acceptors (Lipinski definition) is 6. The second-order valence-corrected chi connectivity index (χ2v) is 12.7. The van der Waals surface area contributed by atoms with Crippen molar-refractivity contribution in [3.63, 3.8) is 0 Å². The fourth-order valence-electron chi connectivity index (χ4n) is 8.16. The zero-order valence-electron chi connectivity index (χ0n) is 22.5. The van der Waals surface area contributed by atoms with Gasteiger partial charge in [0.2, 0.25) is 0 Å². The van der Waals surface area contributed by atoms with Gasteiger partial charge in [0.25, 0.3) is 0 Å². The van der Waals surface area contributed by atoms with E-state index in [4.69, 9.17) is 26.3 Å². The van der Waals surface area contributed by atoms with Crippen molar-refractivity contribution in [2.24, 2.45) is 11.8 Å². The topological polar surface area (TPSA) is 63.2 Å². The average Bonchev–Trinajstić information content (AvgIpc) is 3.73. The Morgan fingerprint density at radius 1 is 1.02 bits per heavy atom. The molecule has 40 heavy (non-hydrogen) atoms. The molecular weight excluding hydrogens is 525 g/mol. The van der Waals surface area contributed by atoms with Gasteiger partial charge in [0.15, 0.2) is 5.82 Å². The molecule has 4 fully saturated rings. The number of aromatic nitrogens is 3. The van der Waals surface area contributed by atoms with E-state index in [-0.39, 0.29) is 28.7 Å². The van der Waals surface area contributed by atoms with E-state index in [1.807, 2.05) is 36.4 Å². The first-order valence-corrected chi connectivity index (χ1v) is 15.1. The predicted molar refractivity (Wildman–Crippen MR) is 155 cm³/mol. The summed E-state index contributed by atoms with van der Waals surface area (Å²) < 4.78 is 23.0. The normalized spacial score (nSPS) is 25.6. The summed E-state index contributed by atoms with van der Waals surface area (Å²) in [5.41, 5.74) is 2.16. The van der Waals surface area contributed by atoms with Crippen molar-refractivity contribution < 1.29 is 9.13 Å². The van der Waals surface area contributed by atoms with Gasteiger partial charge in [0.1, 0.15) is 17.8 Å². The lowest BCUT2D eigenvalue weighted by molar-refractivity contribution is 0.107. The molecule has 3 aliphatic heterocycles. The number of hydrogen-bond donors (Lipinski definition) is 1. The zero-order valence-corrected chi connectivity index (χ0v) is 23.3. The molecule has 1 saturated carbocycles. The Morgan fingerprint density at radius 2 is 1.77 bits per heavy atom. The van der Waals surface area contributed by atoms with Gasteiger partial charge in [-0.15, -0.1) is 0 Å². The highest BCUT2D eigenvalue weighted by molar-refractivity contribution is 6.36. The molecule has 8 heteroatoms. The fourth-order valence-corrected chi connectivity index (χ4v) is 8.45. The molecule has 5 heterocycles. The fraction of sp³-hybridized carbons (Fsp3) is 0.469. The van der Waals surface area contributed by atoms with Crippen LogP contribution in [0.4, 0.5) is 4.39 Å². The van der Waals surface area contributed by atoms with Crippen molar-refractivity contribution in [2.45, 2.75) is 50.0 Å². The van der Waals surface area contributed by atoms with Gasteiger partial charge >= 0.3 is 6.01 Å². The van der Waals surface area contributed by atoms with Crippen molar-refractivity contribution in [1.82, 2.24) is 25.2 Å². The molecule has 1 unspecified atom stereocenters. The first-order valence-electron chi connectivity index (χ1n) is 14.7. The number of halogens is 2. The van der Waals surface area contributed by atoms with E-state index in [1.54, 1.807) is 6.20 Å². The van der Waals surface area contributed by atoms with Crippen LogP contribution in [0.15, 0.2) is 42.6 Å². The number of ether oxygens (including phenoxy) is 1. The third kappa shape index (κ3) is 3.92. The maximum Gasteiger partial charge on any atom is 0.317 e. The van der Waals surface area contributed by atoms with E-state index >= 15 is 4.39 Å². The van der Waals surface area contributed by atoms with Crippen molar-refractivity contribution in [1.29, 1.82) is 0 Å². The van der Waals surface area contributed by atoms with Crippen LogP contribution in [-0.2, 0) is 0 Å². The molecule has 0 bridgehead atoms. The molecule has 8 rings (SSSR count). The van der Waals surface area contributed by atoms with Crippen LogP contribution in [0.3, 0.4) is 0 Å². The number of nitrogens with zero attached hydrogens (tertiary/aromatic N) is 4. The third-order valence-electron chi connectivity index (χ3n) is 10.1. The number of nitrogens with one attached hydrogen (secondary N) is 1. The number of rotatable bonds is 5. The summed E-state index contributed by atoms with van der Waals surface area (Å²) in [6, 6.07) is 11.8. The van der Waals surface area contributed by atoms with Crippen molar-refractivity contribution in [3.05, 3.63) is 59.1 Å². The zero-order chi connectivity index (χ0) is 26.8. The van der Waals surface area contributed by atoms with Gasteiger partial charge in [-0.2, -0.15) is 9.97 Å². The molecular formula is C32H33ClFN5O. The molecule has 3 atom stereocenters. The molecule has 0 spiro atoms. The van der Waals surface area contributed by atoms with Crippen molar-refractivity contribution in [3.8, 4) is 17.3 Å². The summed E-state index contributed by atoms with van der Waals surface area (Å²) in [5, 5.41) is 6.53. The van der Waals surface area contributed by atoms with E-state index in [0.29, 0.717) is 34.4 Å². The van der Waals surface area contributed by atoms with E-state index in [1.165, 1.54) is 12.8 Å². The standard InChI is InChI=1S/C32H33ClFN5O/c33-25-8-2-6-19-5-1-7-23(26(19)25)29-27(34)30-24(17-36-29)28(20-13-21-15-35-16-22(21)14-20)37-31(38-30)40-18-32-9-3-11-39(32)12-4-10-32/h1-2,5-8,17,20-22,35H,3-4,9-16,18H2/t20?,21-,22+. The van der Waals surface area contributed by atoms with Crippen molar-refractivity contribution >= 4 is 33.3 Å². The van der Waals surface area contributed by atoms with Gasteiger partial charge in [-0.25, -0.2) is 4.39 Å². The average molecular weight is 558 g/mol. The minimum absolute atomic E-state index is 0.0657. The van der Waals surface area contributed by atoms with Gasteiger partial charge in [-0.05, 0) is 88.0 Å². The number of benzene rings is 2. The minimum atomic E-state index is -0.445. The SMILES string of the molecule is Fc1c(-c2cccc3cccc(Cl)c23)ncc2c(C3C[C@H]4CNC[C@H]4C3)nc(OCC34CCCN3CCC4)nc12. The van der Waals surface area contributed by atoms with Crippen molar-refractivity contribution in [2.75, 3.05) is 32.8 Å². The molecule has 0 radical (unpaired) electrons. The lowest BCUT2D eigenvalue weighted by Gasteiger charge is -2.31. The maximum absolute atomic E-state index is 16.6. The largest absolute Gasteiger partial charge is 0.461 e. The summed E-state index contributed by atoms with van der Waals surface area (Å²) >= 11 is 6.61. The van der Waals surface area contributed by atoms with E-state index < -0.39 is 5.82 Å². The van der Waals surface area contributed by atoms with Gasteiger partial charge in [0.05, 0.1) is 11.2 Å². The highest BCUT2D eigenvalue weighted by Crippen LogP contribution is 2.46. The predicted octanol–water partition coefficient (Wildman–Crippen LogP) is 6.36. The molecule has 4 aromatic rings. The molecule has 0 amide bonds. The lowest BCUT2D eigenvalue weighted by Crippen LogP contribution is -2.43. The Morgan fingerprint density at radius 3 is 2.55 bits per heavy atom. The monoisotopic (exact) mass is 557 g/mol. The Bertz CT molecular complexity index is 1600. The Kier molecular flexibility index (Phi) is 5.98. The Labute approximate surface area is 238 Å². The third-order valence-corrected chi connectivity index (χ3v) is 10.4. The first kappa shape index (κ1) is 24.9. The summed E-state index contributed by atoms with van der Waals surface area (Å²) in [7, 11) is 0. The van der Waals surface area contributed by atoms with Crippen LogP contribution in [0.5, 0.6) is 6.01 Å². The lowest BCUT2D eigenvalue weighted by atomic mass is 9.95.